The van der Waals surface area contributed by atoms with Crippen molar-refractivity contribution in [3.63, 3.8) is 0 Å². The van der Waals surface area contributed by atoms with Crippen LogP contribution in [0.5, 0.6) is 5.75 Å². The monoisotopic (exact) mass is 301 g/mol. The van der Waals surface area contributed by atoms with E-state index < -0.39 is 42.3 Å². The second-order valence-corrected chi connectivity index (χ2v) is 5.53. The lowest BCUT2D eigenvalue weighted by atomic mass is 10.1. The predicted molar refractivity (Wildman–Crippen MR) is 57.6 cm³/mol. The Hall–Kier alpha value is -1.48. The molecule has 6 nitrogen and oxygen atoms in total. The molecule has 0 aromatic heterocycles. The van der Waals surface area contributed by atoms with Crippen molar-refractivity contribution in [1.82, 2.24) is 0 Å². The van der Waals surface area contributed by atoms with Crippen molar-refractivity contribution in [3.8, 4) is 5.75 Å². The molecule has 0 atom stereocenters. The summed E-state index contributed by atoms with van der Waals surface area (Å²) >= 11 is 0. The lowest BCUT2D eigenvalue weighted by Crippen LogP contribution is -2.06. The van der Waals surface area contributed by atoms with Gasteiger partial charge in [0.05, 0.1) is 12.0 Å². The van der Waals surface area contributed by atoms with Crippen LogP contribution in [0, 0.1) is 10.1 Å². The topological polar surface area (TPSA) is 86.5 Å². The second kappa shape index (κ2) is 5.02. The van der Waals surface area contributed by atoms with E-state index in [0.29, 0.717) is 0 Å². The van der Waals surface area contributed by atoms with Crippen molar-refractivity contribution in [2.45, 2.75) is 11.3 Å². The molecule has 0 unspecified atom stereocenters. The molecule has 10 heteroatoms. The van der Waals surface area contributed by atoms with Gasteiger partial charge in [0.15, 0.2) is 0 Å². The van der Waals surface area contributed by atoms with Crippen molar-refractivity contribution >= 4 is 25.4 Å². The quantitative estimate of drug-likeness (QED) is 0.484. The van der Waals surface area contributed by atoms with E-state index >= 15 is 0 Å². The number of alkyl halides is 2. The van der Waals surface area contributed by atoms with E-state index in [-0.39, 0.29) is 0 Å². The Balaban J connectivity index is 3.82. The first-order chi connectivity index (χ1) is 8.20. The van der Waals surface area contributed by atoms with Crippen LogP contribution in [0.3, 0.4) is 0 Å². The Kier molecular flexibility index (Phi) is 4.07. The Labute approximate surface area is 105 Å². The molecule has 18 heavy (non-hydrogen) atoms. The van der Waals surface area contributed by atoms with Gasteiger partial charge in [-0.2, -0.15) is 0 Å². The summed E-state index contributed by atoms with van der Waals surface area (Å²) in [4.78, 5) is 8.39. The fourth-order valence-corrected chi connectivity index (χ4v) is 2.68. The zero-order chi connectivity index (χ0) is 14.1. The number of benzene rings is 1. The fourth-order valence-electron chi connectivity index (χ4n) is 1.35. The van der Waals surface area contributed by atoms with E-state index in [1.165, 1.54) is 0 Å². The first-order valence-electron chi connectivity index (χ1n) is 4.28. The van der Waals surface area contributed by atoms with Crippen LogP contribution in [0.1, 0.15) is 12.0 Å². The predicted octanol–water partition coefficient (Wildman–Crippen LogP) is 2.47. The number of nitro benzene ring substituents is 1. The summed E-state index contributed by atoms with van der Waals surface area (Å²) in [6.07, 6.45) is -3.39. The molecule has 0 amide bonds. The highest BCUT2D eigenvalue weighted by atomic mass is 35.7. The maximum absolute atomic E-state index is 12.8. The Morgan fingerprint density at radius 2 is 2.00 bits per heavy atom. The van der Waals surface area contributed by atoms with Crippen LogP contribution in [-0.2, 0) is 9.05 Å². The number of methoxy groups -OCH3 is 1. The smallest absolute Gasteiger partial charge is 0.279 e. The van der Waals surface area contributed by atoms with Crippen LogP contribution in [0.2, 0.25) is 0 Å². The van der Waals surface area contributed by atoms with Crippen LogP contribution in [0.25, 0.3) is 0 Å². The molecule has 0 radical (unpaired) electrons. The van der Waals surface area contributed by atoms with Crippen molar-refractivity contribution in [2.24, 2.45) is 0 Å². The minimum Gasteiger partial charge on any atom is -0.495 e. The van der Waals surface area contributed by atoms with Crippen molar-refractivity contribution < 1.29 is 26.9 Å². The van der Waals surface area contributed by atoms with Crippen molar-refractivity contribution in [1.29, 1.82) is 0 Å². The van der Waals surface area contributed by atoms with Gasteiger partial charge in [0, 0.05) is 16.7 Å². The van der Waals surface area contributed by atoms with Crippen LogP contribution in [0.15, 0.2) is 17.0 Å². The van der Waals surface area contributed by atoms with E-state index in [0.717, 1.165) is 19.2 Å². The van der Waals surface area contributed by atoms with Gasteiger partial charge >= 0.3 is 0 Å². The van der Waals surface area contributed by atoms with Crippen LogP contribution < -0.4 is 4.74 Å². The van der Waals surface area contributed by atoms with Gasteiger partial charge in [-0.25, -0.2) is 17.2 Å². The zero-order valence-corrected chi connectivity index (χ0v) is 10.3. The molecule has 0 spiro atoms. The summed E-state index contributed by atoms with van der Waals surface area (Å²) in [5, 5.41) is 10.6. The molecule has 0 saturated heterocycles. The van der Waals surface area contributed by atoms with Gasteiger partial charge in [-0.1, -0.05) is 0 Å². The van der Waals surface area contributed by atoms with Crippen molar-refractivity contribution in [3.05, 3.63) is 27.8 Å². The molecule has 0 aliphatic heterocycles. The normalized spacial score (nSPS) is 11.6. The summed E-state index contributed by atoms with van der Waals surface area (Å²) < 4.78 is 52.7. The Bertz CT molecular complexity index is 589. The first kappa shape index (κ1) is 14.6. The number of rotatable bonds is 4. The number of halogens is 3. The van der Waals surface area contributed by atoms with E-state index in [2.05, 4.69) is 4.74 Å². The average Bonchev–Trinajstić information content (AvgIpc) is 2.25. The molecule has 0 heterocycles. The molecule has 0 aliphatic carbocycles. The number of nitrogens with zero attached hydrogens (tertiary/aromatic N) is 1. The SMILES string of the molecule is COc1ccc([N+](=O)[O-])c(C(F)F)c1S(=O)(=O)Cl. The van der Waals surface area contributed by atoms with Crippen LogP contribution >= 0.6 is 10.7 Å². The molecule has 0 N–H and O–H groups in total. The third-order valence-corrected chi connectivity index (χ3v) is 3.39. The fraction of sp³-hybridized carbons (Fsp3) is 0.250. The zero-order valence-electron chi connectivity index (χ0n) is 8.76. The van der Waals surface area contributed by atoms with Crippen molar-refractivity contribution in [2.75, 3.05) is 7.11 Å². The highest BCUT2D eigenvalue weighted by Gasteiger charge is 2.34. The number of hydrogen-bond donors (Lipinski definition) is 0. The number of nitro groups is 1. The second-order valence-electron chi connectivity index (χ2n) is 3.03. The average molecular weight is 302 g/mol. The third kappa shape index (κ3) is 2.67. The molecule has 1 aromatic rings. The molecular weight excluding hydrogens is 296 g/mol. The van der Waals surface area contributed by atoms with Gasteiger partial charge in [0.1, 0.15) is 16.2 Å². The highest BCUT2D eigenvalue weighted by molar-refractivity contribution is 8.13. The molecular formula is C8H6ClF2NO5S. The first-order valence-corrected chi connectivity index (χ1v) is 6.59. The summed E-state index contributed by atoms with van der Waals surface area (Å²) in [6, 6.07) is 1.62. The van der Waals surface area contributed by atoms with E-state index in [1.807, 2.05) is 0 Å². The summed E-state index contributed by atoms with van der Waals surface area (Å²) in [7, 11) is 1.42. The summed E-state index contributed by atoms with van der Waals surface area (Å²) in [5.74, 6) is -0.481. The molecule has 0 aliphatic rings. The minimum atomic E-state index is -4.61. The molecule has 0 bridgehead atoms. The van der Waals surface area contributed by atoms with Gasteiger partial charge in [0.25, 0.3) is 21.2 Å². The Morgan fingerprint density at radius 1 is 1.44 bits per heavy atom. The van der Waals surface area contributed by atoms with Gasteiger partial charge < -0.3 is 4.74 Å². The van der Waals surface area contributed by atoms with Gasteiger partial charge in [-0.05, 0) is 6.07 Å². The van der Waals surface area contributed by atoms with Gasteiger partial charge in [0.2, 0.25) is 0 Å². The molecule has 0 fully saturated rings. The Morgan fingerprint density at radius 3 is 2.33 bits per heavy atom. The lowest BCUT2D eigenvalue weighted by Gasteiger charge is -2.10. The van der Waals surface area contributed by atoms with E-state index in [1.54, 1.807) is 0 Å². The molecule has 1 aromatic carbocycles. The van der Waals surface area contributed by atoms with Gasteiger partial charge in [-0.3, -0.25) is 10.1 Å². The largest absolute Gasteiger partial charge is 0.495 e. The number of hydrogen-bond acceptors (Lipinski definition) is 5. The molecule has 1 rings (SSSR count). The number of ether oxygens (including phenoxy) is 1. The minimum absolute atomic E-state index is 0.481. The lowest BCUT2D eigenvalue weighted by molar-refractivity contribution is -0.386. The molecule has 0 saturated carbocycles. The van der Waals surface area contributed by atoms with Crippen LogP contribution in [-0.4, -0.2) is 20.5 Å². The summed E-state index contributed by atoms with van der Waals surface area (Å²) in [5.41, 5.74) is -2.32. The highest BCUT2D eigenvalue weighted by Crippen LogP contribution is 2.41. The van der Waals surface area contributed by atoms with E-state index in [4.69, 9.17) is 10.7 Å². The van der Waals surface area contributed by atoms with Gasteiger partial charge in [-0.15, -0.1) is 0 Å². The maximum atomic E-state index is 12.8. The maximum Gasteiger partial charge on any atom is 0.279 e. The summed E-state index contributed by atoms with van der Waals surface area (Å²) in [6.45, 7) is 0. The van der Waals surface area contributed by atoms with Crippen LogP contribution in [0.4, 0.5) is 14.5 Å². The van der Waals surface area contributed by atoms with E-state index in [9.17, 15) is 27.3 Å². The standard InChI is InChI=1S/C8H6ClF2NO5S/c1-17-5-3-2-4(12(13)14)6(8(10)11)7(5)18(9,15)16/h2-3,8H,1H3. The molecule has 100 valence electrons. The third-order valence-electron chi connectivity index (χ3n) is 2.02.